The van der Waals surface area contributed by atoms with Crippen LogP contribution in [-0.4, -0.2) is 25.3 Å². The molecule has 1 aliphatic heterocycles. The molecule has 0 spiro atoms. The van der Waals surface area contributed by atoms with E-state index in [-0.39, 0.29) is 23.4 Å². The summed E-state index contributed by atoms with van der Waals surface area (Å²) in [5.41, 5.74) is -1.30. The number of aliphatic carboxylic acids is 1. The van der Waals surface area contributed by atoms with Crippen LogP contribution in [-0.2, 0) is 17.9 Å². The normalized spacial score (nSPS) is 13.0. The molecule has 136 valence electrons. The predicted octanol–water partition coefficient (Wildman–Crippen LogP) is 0.337. The van der Waals surface area contributed by atoms with Crippen LogP contribution in [0, 0.1) is 18.6 Å². The van der Waals surface area contributed by atoms with E-state index in [0.29, 0.717) is 5.69 Å². The highest BCUT2D eigenvalue weighted by Gasteiger charge is 2.22. The van der Waals surface area contributed by atoms with Crippen molar-refractivity contribution in [2.75, 3.05) is 0 Å². The summed E-state index contributed by atoms with van der Waals surface area (Å²) in [6, 6.07) is 1.62. The molecule has 0 amide bonds. The van der Waals surface area contributed by atoms with Crippen LogP contribution in [0.25, 0.3) is 6.20 Å². The fourth-order valence-corrected chi connectivity index (χ4v) is 2.71. The largest absolute Gasteiger partial charge is 0.503 e. The van der Waals surface area contributed by atoms with Crippen molar-refractivity contribution in [1.29, 1.82) is 0 Å². The maximum absolute atomic E-state index is 13.5. The van der Waals surface area contributed by atoms with Crippen LogP contribution in [0.4, 0.5) is 8.78 Å². The predicted molar refractivity (Wildman–Crippen MR) is 85.6 cm³/mol. The summed E-state index contributed by atoms with van der Waals surface area (Å²) in [7, 11) is 0. The van der Waals surface area contributed by atoms with E-state index >= 15 is 0 Å². The van der Waals surface area contributed by atoms with Gasteiger partial charge in [-0.3, -0.25) is 13.9 Å². The number of halogens is 2. The Labute approximate surface area is 144 Å². The number of aromatic hydroxyl groups is 1. The fourth-order valence-electron chi connectivity index (χ4n) is 2.71. The lowest BCUT2D eigenvalue weighted by molar-refractivity contribution is -0.133. The van der Waals surface area contributed by atoms with Gasteiger partial charge in [-0.15, -0.1) is 0 Å². The van der Waals surface area contributed by atoms with E-state index in [2.05, 4.69) is 5.32 Å². The molecule has 8 nitrogen and oxygen atoms in total. The summed E-state index contributed by atoms with van der Waals surface area (Å²) < 4.78 is 28.7. The molecule has 1 aliphatic rings. The number of rotatable bonds is 3. The number of hydrogen-bond acceptors (Lipinski definition) is 5. The summed E-state index contributed by atoms with van der Waals surface area (Å²) in [5.74, 6) is -4.87. The van der Waals surface area contributed by atoms with Crippen LogP contribution in [0.3, 0.4) is 0 Å². The first-order chi connectivity index (χ1) is 12.2. The molecule has 1 aromatic heterocycles. The second-order valence-corrected chi connectivity index (χ2v) is 5.73. The number of nitrogens with one attached hydrogen (secondary N) is 1. The maximum Gasteiger partial charge on any atom is 0.353 e. The number of benzene rings is 1. The van der Waals surface area contributed by atoms with Gasteiger partial charge in [0.1, 0.15) is 5.70 Å². The third kappa shape index (κ3) is 2.75. The molecular formula is C16H13F2N3O5. The standard InChI is InChI=1S/C16H13F2N3O5/c1-7-12-4-19-11(15(24)25)6-20(12)16(26)21(14(7)23)5-8-2-9(17)13(22)10(18)3-8/h2-3,6,19,22H,4-5H2,1H3,(H,24,25). The smallest absolute Gasteiger partial charge is 0.353 e. The minimum atomic E-state index is -1.28. The molecule has 0 fully saturated rings. The quantitative estimate of drug-likeness (QED) is 0.723. The molecule has 0 aliphatic carbocycles. The van der Waals surface area contributed by atoms with Crippen LogP contribution in [0.1, 0.15) is 16.8 Å². The lowest BCUT2D eigenvalue weighted by atomic mass is 10.1. The van der Waals surface area contributed by atoms with Crippen molar-refractivity contribution >= 4 is 12.2 Å². The van der Waals surface area contributed by atoms with Crippen LogP contribution >= 0.6 is 0 Å². The zero-order valence-corrected chi connectivity index (χ0v) is 13.4. The van der Waals surface area contributed by atoms with E-state index in [9.17, 15) is 23.2 Å². The number of aromatic nitrogens is 2. The molecule has 0 atom stereocenters. The van der Waals surface area contributed by atoms with Crippen molar-refractivity contribution in [1.82, 2.24) is 14.5 Å². The number of hydrogen-bond donors (Lipinski definition) is 3. The number of phenols is 1. The monoisotopic (exact) mass is 365 g/mol. The number of nitrogens with zero attached hydrogens (tertiary/aromatic N) is 2. The van der Waals surface area contributed by atoms with Gasteiger partial charge in [-0.2, -0.15) is 0 Å². The van der Waals surface area contributed by atoms with E-state index < -0.39 is 41.1 Å². The van der Waals surface area contributed by atoms with Gasteiger partial charge < -0.3 is 15.5 Å². The molecule has 0 bridgehead atoms. The maximum atomic E-state index is 13.5. The van der Waals surface area contributed by atoms with E-state index in [4.69, 9.17) is 10.2 Å². The van der Waals surface area contributed by atoms with Gasteiger partial charge >= 0.3 is 11.7 Å². The topological polar surface area (TPSA) is 114 Å². The van der Waals surface area contributed by atoms with Crippen molar-refractivity contribution in [3.05, 3.63) is 67.1 Å². The number of fused-ring (bicyclic) bond motifs is 1. The van der Waals surface area contributed by atoms with Gasteiger partial charge in [0.15, 0.2) is 17.4 Å². The number of carboxylic acids is 1. The van der Waals surface area contributed by atoms with Crippen molar-refractivity contribution in [2.45, 2.75) is 20.0 Å². The van der Waals surface area contributed by atoms with Crippen molar-refractivity contribution in [3.8, 4) is 5.75 Å². The summed E-state index contributed by atoms with van der Waals surface area (Å²) in [6.45, 7) is 0.984. The molecule has 2 heterocycles. The van der Waals surface area contributed by atoms with Crippen LogP contribution in [0.15, 0.2) is 27.4 Å². The number of phenolic OH excluding ortho intramolecular Hbond substituents is 1. The molecule has 10 heteroatoms. The first-order valence-corrected chi connectivity index (χ1v) is 7.41. The summed E-state index contributed by atoms with van der Waals surface area (Å²) >= 11 is 0. The van der Waals surface area contributed by atoms with E-state index in [0.717, 1.165) is 27.5 Å². The Morgan fingerprint density at radius 1 is 1.27 bits per heavy atom. The Bertz CT molecular complexity index is 1060. The van der Waals surface area contributed by atoms with Gasteiger partial charge in [-0.05, 0) is 24.6 Å². The first-order valence-electron chi connectivity index (χ1n) is 7.41. The lowest BCUT2D eigenvalue weighted by Crippen LogP contribution is -2.44. The van der Waals surface area contributed by atoms with E-state index in [1.165, 1.54) is 6.92 Å². The summed E-state index contributed by atoms with van der Waals surface area (Å²) in [6.07, 6.45) is 1.05. The molecule has 0 radical (unpaired) electrons. The van der Waals surface area contributed by atoms with Crippen molar-refractivity contribution < 1.29 is 23.8 Å². The second-order valence-electron chi connectivity index (χ2n) is 5.73. The Hall–Kier alpha value is -3.43. The van der Waals surface area contributed by atoms with Crippen LogP contribution in [0.5, 0.6) is 5.75 Å². The first kappa shape index (κ1) is 17.4. The average Bonchev–Trinajstić information content (AvgIpc) is 2.60. The van der Waals surface area contributed by atoms with Crippen LogP contribution < -0.4 is 16.6 Å². The molecule has 0 unspecified atom stereocenters. The summed E-state index contributed by atoms with van der Waals surface area (Å²) in [4.78, 5) is 36.2. The molecular weight excluding hydrogens is 352 g/mol. The van der Waals surface area contributed by atoms with Gasteiger partial charge in [0.25, 0.3) is 5.56 Å². The minimum absolute atomic E-state index is 0.0300. The Morgan fingerprint density at radius 2 is 1.88 bits per heavy atom. The van der Waals surface area contributed by atoms with E-state index in [1.54, 1.807) is 0 Å². The third-order valence-corrected chi connectivity index (χ3v) is 4.08. The van der Waals surface area contributed by atoms with Gasteiger partial charge in [0.2, 0.25) is 0 Å². The van der Waals surface area contributed by atoms with Crippen LogP contribution in [0.2, 0.25) is 0 Å². The molecule has 0 saturated carbocycles. The highest BCUT2D eigenvalue weighted by Crippen LogP contribution is 2.21. The van der Waals surface area contributed by atoms with Gasteiger partial charge in [-0.25, -0.2) is 18.4 Å². The molecule has 3 rings (SSSR count). The zero-order valence-electron chi connectivity index (χ0n) is 13.4. The lowest BCUT2D eigenvalue weighted by Gasteiger charge is -2.21. The van der Waals surface area contributed by atoms with E-state index in [1.807, 2.05) is 0 Å². The zero-order chi connectivity index (χ0) is 19.2. The number of carbonyl (C=O) groups is 1. The summed E-state index contributed by atoms with van der Waals surface area (Å²) in [5, 5.41) is 20.8. The fraction of sp³-hybridized carbons (Fsp3) is 0.188. The highest BCUT2D eigenvalue weighted by molar-refractivity contribution is 5.89. The Kier molecular flexibility index (Phi) is 4.10. The average molecular weight is 365 g/mol. The SMILES string of the molecule is Cc1c2n(c(=O)n(Cc3cc(F)c(O)c(F)c3)c1=O)C=C(C(=O)O)NC2. The molecule has 2 aromatic rings. The Morgan fingerprint density at radius 3 is 2.46 bits per heavy atom. The molecule has 1 aromatic carbocycles. The molecule has 0 saturated heterocycles. The second kappa shape index (κ2) is 6.14. The molecule has 26 heavy (non-hydrogen) atoms. The minimum Gasteiger partial charge on any atom is -0.503 e. The van der Waals surface area contributed by atoms with Gasteiger partial charge in [0.05, 0.1) is 18.8 Å². The molecule has 3 N–H and O–H groups in total. The van der Waals surface area contributed by atoms with Gasteiger partial charge in [0, 0.05) is 11.8 Å². The van der Waals surface area contributed by atoms with Crippen molar-refractivity contribution in [2.24, 2.45) is 0 Å². The highest BCUT2D eigenvalue weighted by atomic mass is 19.1. The number of carboxylic acid groups (broad SMARTS) is 1. The van der Waals surface area contributed by atoms with Crippen molar-refractivity contribution in [3.63, 3.8) is 0 Å². The Balaban J connectivity index is 2.17. The van der Waals surface area contributed by atoms with Gasteiger partial charge in [-0.1, -0.05) is 0 Å². The third-order valence-electron chi connectivity index (χ3n) is 4.08.